The SMILES string of the molecule is COc1ccnc(C(=O)C[C@@H](C)C(=O)O[C@@H](C)[C@@H](CC(C)C)Oc2ccc(C)cc2Cl)c1O. The number of rotatable bonds is 11. The van der Waals surface area contributed by atoms with Crippen molar-refractivity contribution in [3.8, 4) is 17.2 Å². The summed E-state index contributed by atoms with van der Waals surface area (Å²) in [6.07, 6.45) is 0.854. The number of esters is 1. The normalized spacial score (nSPS) is 13.8. The molecule has 1 N–H and O–H groups in total. The zero-order valence-corrected chi connectivity index (χ0v) is 20.7. The monoisotopic (exact) mass is 477 g/mol. The molecular weight excluding hydrogens is 446 g/mol. The molecule has 0 radical (unpaired) electrons. The minimum absolute atomic E-state index is 0.139. The lowest BCUT2D eigenvalue weighted by molar-refractivity contribution is -0.157. The highest BCUT2D eigenvalue weighted by atomic mass is 35.5. The second-order valence-electron chi connectivity index (χ2n) is 8.60. The van der Waals surface area contributed by atoms with Gasteiger partial charge >= 0.3 is 5.97 Å². The van der Waals surface area contributed by atoms with E-state index in [1.165, 1.54) is 19.4 Å². The van der Waals surface area contributed by atoms with Crippen molar-refractivity contribution in [2.45, 2.75) is 59.7 Å². The van der Waals surface area contributed by atoms with E-state index in [1.54, 1.807) is 19.9 Å². The second kappa shape index (κ2) is 11.9. The van der Waals surface area contributed by atoms with Crippen LogP contribution in [0.2, 0.25) is 5.02 Å². The maximum Gasteiger partial charge on any atom is 0.309 e. The third-order valence-corrected chi connectivity index (χ3v) is 5.46. The summed E-state index contributed by atoms with van der Waals surface area (Å²) >= 11 is 6.32. The maximum atomic E-state index is 12.7. The quantitative estimate of drug-likeness (QED) is 0.342. The number of hydrogen-bond donors (Lipinski definition) is 1. The van der Waals surface area contributed by atoms with E-state index in [0.29, 0.717) is 23.1 Å². The second-order valence-corrected chi connectivity index (χ2v) is 9.01. The van der Waals surface area contributed by atoms with Crippen LogP contribution >= 0.6 is 11.6 Å². The molecule has 7 nitrogen and oxygen atoms in total. The molecule has 0 unspecified atom stereocenters. The lowest BCUT2D eigenvalue weighted by Gasteiger charge is -2.28. The maximum absolute atomic E-state index is 12.7. The number of Topliss-reactive ketones (excluding diaryl/α,β-unsaturated/α-hetero) is 1. The fourth-order valence-electron chi connectivity index (χ4n) is 3.30. The molecule has 0 fully saturated rings. The van der Waals surface area contributed by atoms with Gasteiger partial charge in [-0.1, -0.05) is 38.4 Å². The van der Waals surface area contributed by atoms with Gasteiger partial charge in [-0.15, -0.1) is 0 Å². The average molecular weight is 478 g/mol. The molecule has 0 aliphatic carbocycles. The van der Waals surface area contributed by atoms with Crippen molar-refractivity contribution in [2.75, 3.05) is 7.11 Å². The lowest BCUT2D eigenvalue weighted by Crippen LogP contribution is -2.36. The summed E-state index contributed by atoms with van der Waals surface area (Å²) in [4.78, 5) is 29.2. The van der Waals surface area contributed by atoms with Crippen LogP contribution in [-0.2, 0) is 9.53 Å². The smallest absolute Gasteiger partial charge is 0.309 e. The predicted molar refractivity (Wildman–Crippen MR) is 126 cm³/mol. The van der Waals surface area contributed by atoms with Crippen LogP contribution in [0, 0.1) is 18.8 Å². The molecule has 0 spiro atoms. The molecule has 0 aliphatic rings. The number of methoxy groups -OCH3 is 1. The number of nitrogens with zero attached hydrogens (tertiary/aromatic N) is 1. The van der Waals surface area contributed by atoms with Crippen LogP contribution in [0.25, 0.3) is 0 Å². The van der Waals surface area contributed by atoms with Gasteiger partial charge in [0.2, 0.25) is 0 Å². The number of carbonyl (C=O) groups is 2. The minimum Gasteiger partial charge on any atom is -0.503 e. The number of hydrogen-bond acceptors (Lipinski definition) is 7. The van der Waals surface area contributed by atoms with E-state index >= 15 is 0 Å². The van der Waals surface area contributed by atoms with Gasteiger partial charge in [-0.2, -0.15) is 0 Å². The molecule has 3 atom stereocenters. The molecule has 1 aromatic carbocycles. The van der Waals surface area contributed by atoms with E-state index in [4.69, 9.17) is 25.8 Å². The third-order valence-electron chi connectivity index (χ3n) is 5.16. The number of ether oxygens (including phenoxy) is 3. The van der Waals surface area contributed by atoms with Crippen LogP contribution in [0.5, 0.6) is 17.2 Å². The van der Waals surface area contributed by atoms with Crippen LogP contribution in [0.1, 0.15) is 56.6 Å². The molecule has 0 saturated carbocycles. The summed E-state index contributed by atoms with van der Waals surface area (Å²) < 4.78 is 16.8. The number of pyridine rings is 1. The molecule has 2 aromatic rings. The first-order chi connectivity index (χ1) is 15.5. The highest BCUT2D eigenvalue weighted by Gasteiger charge is 2.29. The van der Waals surface area contributed by atoms with Crippen molar-refractivity contribution in [1.29, 1.82) is 0 Å². The molecule has 33 heavy (non-hydrogen) atoms. The van der Waals surface area contributed by atoms with Crippen molar-refractivity contribution in [3.63, 3.8) is 0 Å². The lowest BCUT2D eigenvalue weighted by atomic mass is 10.0. The summed E-state index contributed by atoms with van der Waals surface area (Å²) in [5, 5.41) is 10.6. The molecule has 0 amide bonds. The summed E-state index contributed by atoms with van der Waals surface area (Å²) in [6, 6.07) is 6.96. The largest absolute Gasteiger partial charge is 0.503 e. The summed E-state index contributed by atoms with van der Waals surface area (Å²) in [7, 11) is 1.38. The first-order valence-electron chi connectivity index (χ1n) is 10.9. The number of carbonyl (C=O) groups excluding carboxylic acids is 2. The fourth-order valence-corrected chi connectivity index (χ4v) is 3.58. The Morgan fingerprint density at radius 1 is 1.12 bits per heavy atom. The number of aryl methyl sites for hydroxylation is 1. The Morgan fingerprint density at radius 2 is 1.82 bits per heavy atom. The van der Waals surface area contributed by atoms with Crippen LogP contribution in [0.4, 0.5) is 0 Å². The van der Waals surface area contributed by atoms with Crippen LogP contribution in [0.15, 0.2) is 30.5 Å². The summed E-state index contributed by atoms with van der Waals surface area (Å²) in [5.41, 5.74) is 0.874. The van der Waals surface area contributed by atoms with E-state index in [0.717, 1.165) is 5.56 Å². The Bertz CT molecular complexity index is 977. The van der Waals surface area contributed by atoms with E-state index in [1.807, 2.05) is 19.1 Å². The van der Waals surface area contributed by atoms with Crippen LogP contribution in [0.3, 0.4) is 0 Å². The predicted octanol–water partition coefficient (Wildman–Crippen LogP) is 5.39. The van der Waals surface area contributed by atoms with Gasteiger partial charge in [0, 0.05) is 18.7 Å². The fraction of sp³-hybridized carbons (Fsp3) is 0.480. The van der Waals surface area contributed by atoms with E-state index in [-0.39, 0.29) is 23.6 Å². The molecule has 0 bridgehead atoms. The van der Waals surface area contributed by atoms with E-state index in [2.05, 4.69) is 18.8 Å². The zero-order valence-electron chi connectivity index (χ0n) is 19.9. The zero-order chi connectivity index (χ0) is 24.7. The Morgan fingerprint density at radius 3 is 2.42 bits per heavy atom. The standard InChI is InChI=1S/C25H32ClNO6/c1-14(2)11-22(33-20-8-7-15(3)12-18(20)26)17(5)32-25(30)16(4)13-19(28)23-24(29)21(31-6)9-10-27-23/h7-10,12,14,16-17,22,29H,11,13H2,1-6H3/t16-,17+,22-/m1/s1. The molecule has 8 heteroatoms. The first-order valence-corrected chi connectivity index (χ1v) is 11.3. The average Bonchev–Trinajstić information content (AvgIpc) is 2.74. The van der Waals surface area contributed by atoms with Gasteiger partial charge in [-0.05, 0) is 43.9 Å². The summed E-state index contributed by atoms with van der Waals surface area (Å²) in [6.45, 7) is 9.40. The van der Waals surface area contributed by atoms with Crippen molar-refractivity contribution >= 4 is 23.4 Å². The number of halogens is 1. The molecule has 1 heterocycles. The van der Waals surface area contributed by atoms with Gasteiger partial charge in [-0.25, -0.2) is 4.98 Å². The van der Waals surface area contributed by atoms with Crippen molar-refractivity contribution in [3.05, 3.63) is 46.7 Å². The molecule has 1 aromatic heterocycles. The van der Waals surface area contributed by atoms with Crippen LogP contribution < -0.4 is 9.47 Å². The highest BCUT2D eigenvalue weighted by Crippen LogP contribution is 2.30. The number of aromatic nitrogens is 1. The topological polar surface area (TPSA) is 95.0 Å². The van der Waals surface area contributed by atoms with Crippen molar-refractivity contribution < 1.29 is 28.9 Å². The van der Waals surface area contributed by atoms with Crippen molar-refractivity contribution in [1.82, 2.24) is 4.98 Å². The molecule has 180 valence electrons. The van der Waals surface area contributed by atoms with Crippen LogP contribution in [-0.4, -0.2) is 41.2 Å². The molecule has 0 aliphatic heterocycles. The van der Waals surface area contributed by atoms with Gasteiger partial charge in [0.1, 0.15) is 18.0 Å². The van der Waals surface area contributed by atoms with Gasteiger partial charge < -0.3 is 19.3 Å². The molecule has 2 rings (SSSR count). The third kappa shape index (κ3) is 7.35. The van der Waals surface area contributed by atoms with Gasteiger partial charge in [-0.3, -0.25) is 9.59 Å². The van der Waals surface area contributed by atoms with E-state index in [9.17, 15) is 14.7 Å². The Kier molecular flexibility index (Phi) is 9.53. The first kappa shape index (κ1) is 26.5. The van der Waals surface area contributed by atoms with Gasteiger partial charge in [0.25, 0.3) is 0 Å². The number of benzene rings is 1. The Labute approximate surface area is 200 Å². The van der Waals surface area contributed by atoms with Crippen molar-refractivity contribution in [2.24, 2.45) is 11.8 Å². The van der Waals surface area contributed by atoms with Gasteiger partial charge in [0.05, 0.1) is 18.1 Å². The van der Waals surface area contributed by atoms with E-state index < -0.39 is 29.9 Å². The Hall–Kier alpha value is -2.80. The highest BCUT2D eigenvalue weighted by molar-refractivity contribution is 6.32. The minimum atomic E-state index is -0.741. The number of aromatic hydroxyl groups is 1. The number of ketones is 1. The molecule has 0 saturated heterocycles. The Balaban J connectivity index is 2.06. The van der Waals surface area contributed by atoms with Gasteiger partial charge in [0.15, 0.2) is 23.0 Å². The molecular formula is C25H32ClNO6. The summed E-state index contributed by atoms with van der Waals surface area (Å²) in [5.74, 6) is -1.15.